The monoisotopic (exact) mass is 290 g/mol. The smallest absolute Gasteiger partial charge is 0.230 e. The maximum Gasteiger partial charge on any atom is 0.230 e. The van der Waals surface area contributed by atoms with Crippen LogP contribution in [-0.2, 0) is 4.79 Å². The van der Waals surface area contributed by atoms with Crippen LogP contribution in [0.25, 0.3) is 0 Å². The largest absolute Gasteiger partial charge is 0.399 e. The molecule has 0 atom stereocenters. The van der Waals surface area contributed by atoms with E-state index in [9.17, 15) is 4.79 Å². The van der Waals surface area contributed by atoms with Gasteiger partial charge in [-0.05, 0) is 50.3 Å². The van der Waals surface area contributed by atoms with Crippen molar-refractivity contribution in [2.75, 3.05) is 18.0 Å². The minimum atomic E-state index is 0.0915. The fourth-order valence-corrected chi connectivity index (χ4v) is 3.09. The van der Waals surface area contributed by atoms with Crippen LogP contribution >= 0.6 is 11.8 Å². The lowest BCUT2D eigenvalue weighted by molar-refractivity contribution is -0.118. The lowest BCUT2D eigenvalue weighted by Gasteiger charge is -2.12. The van der Waals surface area contributed by atoms with Crippen molar-refractivity contribution in [2.45, 2.75) is 37.0 Å². The molecule has 0 radical (unpaired) electrons. The molecule has 0 fully saturated rings. The van der Waals surface area contributed by atoms with Gasteiger partial charge in [-0.15, -0.1) is 11.8 Å². The number of allylic oxidation sites excluding steroid dienone is 1. The summed E-state index contributed by atoms with van der Waals surface area (Å²) in [5.74, 6) is 0.538. The number of anilines is 1. The van der Waals surface area contributed by atoms with Crippen molar-refractivity contribution in [1.29, 1.82) is 0 Å². The van der Waals surface area contributed by atoms with Crippen LogP contribution in [0.15, 0.2) is 40.8 Å². The number of rotatable bonds is 6. The number of carbonyl (C=O) groups excluding carboxylic acids is 1. The Balaban J connectivity index is 1.64. The van der Waals surface area contributed by atoms with Gasteiger partial charge < -0.3 is 11.1 Å². The first-order valence-corrected chi connectivity index (χ1v) is 8.15. The topological polar surface area (TPSA) is 55.1 Å². The third-order valence-corrected chi connectivity index (χ3v) is 4.38. The lowest BCUT2D eigenvalue weighted by Crippen LogP contribution is -2.26. The summed E-state index contributed by atoms with van der Waals surface area (Å²) in [4.78, 5) is 12.8. The number of benzene rings is 1. The highest BCUT2D eigenvalue weighted by atomic mass is 32.2. The van der Waals surface area contributed by atoms with Gasteiger partial charge in [-0.3, -0.25) is 4.79 Å². The lowest BCUT2D eigenvalue weighted by atomic mass is 9.97. The van der Waals surface area contributed by atoms with Gasteiger partial charge in [0, 0.05) is 17.1 Å². The molecule has 20 heavy (non-hydrogen) atoms. The van der Waals surface area contributed by atoms with Gasteiger partial charge in [-0.2, -0.15) is 0 Å². The summed E-state index contributed by atoms with van der Waals surface area (Å²) in [6.45, 7) is 0.752. The quantitative estimate of drug-likeness (QED) is 0.480. The summed E-state index contributed by atoms with van der Waals surface area (Å²) >= 11 is 1.52. The van der Waals surface area contributed by atoms with Gasteiger partial charge in [0.05, 0.1) is 5.75 Å². The first-order valence-electron chi connectivity index (χ1n) is 7.17. The van der Waals surface area contributed by atoms with Crippen molar-refractivity contribution >= 4 is 23.4 Å². The number of nitrogens with one attached hydrogen (secondary N) is 1. The summed E-state index contributed by atoms with van der Waals surface area (Å²) in [5, 5.41) is 2.98. The summed E-state index contributed by atoms with van der Waals surface area (Å²) in [6, 6.07) is 7.62. The highest BCUT2D eigenvalue weighted by molar-refractivity contribution is 8.00. The van der Waals surface area contributed by atoms with Gasteiger partial charge in [0.15, 0.2) is 0 Å². The Kier molecular flexibility index (Phi) is 5.99. The molecule has 4 heteroatoms. The van der Waals surface area contributed by atoms with E-state index in [1.54, 1.807) is 0 Å². The van der Waals surface area contributed by atoms with E-state index < -0.39 is 0 Å². The summed E-state index contributed by atoms with van der Waals surface area (Å²) in [7, 11) is 0. The Morgan fingerprint density at radius 1 is 1.35 bits per heavy atom. The van der Waals surface area contributed by atoms with Crippen LogP contribution in [0.3, 0.4) is 0 Å². The van der Waals surface area contributed by atoms with Crippen LogP contribution in [0.4, 0.5) is 5.69 Å². The van der Waals surface area contributed by atoms with Gasteiger partial charge in [0.1, 0.15) is 0 Å². The molecule has 0 saturated carbocycles. The number of nitrogens with two attached hydrogens (primary N) is 1. The van der Waals surface area contributed by atoms with E-state index in [1.807, 2.05) is 24.3 Å². The van der Waals surface area contributed by atoms with Gasteiger partial charge >= 0.3 is 0 Å². The van der Waals surface area contributed by atoms with Crippen LogP contribution in [0.5, 0.6) is 0 Å². The molecule has 1 amide bonds. The predicted molar refractivity (Wildman–Crippen MR) is 85.8 cm³/mol. The molecule has 0 heterocycles. The number of hydrogen-bond donors (Lipinski definition) is 2. The van der Waals surface area contributed by atoms with Gasteiger partial charge in [-0.25, -0.2) is 0 Å². The molecule has 0 spiro atoms. The molecule has 0 aromatic heterocycles. The molecule has 1 aromatic carbocycles. The number of thioether (sulfide) groups is 1. The van der Waals surface area contributed by atoms with Gasteiger partial charge in [-0.1, -0.05) is 17.7 Å². The molecular formula is C16H22N2OS. The Hall–Kier alpha value is -1.42. The van der Waals surface area contributed by atoms with Crippen molar-refractivity contribution in [3.8, 4) is 0 Å². The zero-order chi connectivity index (χ0) is 14.2. The molecule has 3 N–H and O–H groups in total. The first kappa shape index (κ1) is 15.0. The van der Waals surface area contributed by atoms with Crippen molar-refractivity contribution in [3.05, 3.63) is 35.9 Å². The van der Waals surface area contributed by atoms with E-state index in [0.717, 1.165) is 23.5 Å². The van der Waals surface area contributed by atoms with Crippen LogP contribution in [0, 0.1) is 0 Å². The normalized spacial score (nSPS) is 14.7. The van der Waals surface area contributed by atoms with E-state index in [2.05, 4.69) is 11.4 Å². The van der Waals surface area contributed by atoms with E-state index in [-0.39, 0.29) is 5.91 Å². The minimum Gasteiger partial charge on any atom is -0.399 e. The zero-order valence-corrected chi connectivity index (χ0v) is 12.5. The van der Waals surface area contributed by atoms with E-state index in [1.165, 1.54) is 43.0 Å². The number of amides is 1. The summed E-state index contributed by atoms with van der Waals surface area (Å²) in [5.41, 5.74) is 7.94. The second kappa shape index (κ2) is 8.00. The second-order valence-corrected chi connectivity index (χ2v) is 6.12. The van der Waals surface area contributed by atoms with Crippen LogP contribution in [0.2, 0.25) is 0 Å². The molecule has 108 valence electrons. The van der Waals surface area contributed by atoms with E-state index >= 15 is 0 Å². The standard InChI is InChI=1S/C16H22N2OS/c17-14-7-4-8-15(11-14)20-12-16(19)18-10-9-13-5-2-1-3-6-13/h4-5,7-8,11H,1-3,6,9-10,12,17H2,(H,18,19). The molecule has 0 bridgehead atoms. The zero-order valence-electron chi connectivity index (χ0n) is 11.7. The Morgan fingerprint density at radius 2 is 2.25 bits per heavy atom. The average molecular weight is 290 g/mol. The molecule has 1 aliphatic carbocycles. The second-order valence-electron chi connectivity index (χ2n) is 5.07. The van der Waals surface area contributed by atoms with Crippen molar-refractivity contribution < 1.29 is 4.79 Å². The highest BCUT2D eigenvalue weighted by Gasteiger charge is 2.05. The van der Waals surface area contributed by atoms with E-state index in [4.69, 9.17) is 5.73 Å². The molecule has 3 nitrogen and oxygen atoms in total. The van der Waals surface area contributed by atoms with Crippen LogP contribution in [0.1, 0.15) is 32.1 Å². The van der Waals surface area contributed by atoms with E-state index in [0.29, 0.717) is 5.75 Å². The highest BCUT2D eigenvalue weighted by Crippen LogP contribution is 2.20. The molecule has 0 aliphatic heterocycles. The maximum atomic E-state index is 11.8. The summed E-state index contributed by atoms with van der Waals surface area (Å²) < 4.78 is 0. The molecule has 0 saturated heterocycles. The maximum absolute atomic E-state index is 11.8. The first-order chi connectivity index (χ1) is 9.74. The summed E-state index contributed by atoms with van der Waals surface area (Å²) in [6.07, 6.45) is 8.34. The van der Waals surface area contributed by atoms with Gasteiger partial charge in [0.2, 0.25) is 5.91 Å². The molecule has 2 rings (SSSR count). The molecular weight excluding hydrogens is 268 g/mol. The minimum absolute atomic E-state index is 0.0915. The SMILES string of the molecule is Nc1cccc(SCC(=O)NCCC2=CCCCC2)c1. The molecule has 1 aromatic rings. The number of carbonyl (C=O) groups is 1. The average Bonchev–Trinajstić information content (AvgIpc) is 2.46. The Labute approximate surface area is 125 Å². The van der Waals surface area contributed by atoms with Crippen molar-refractivity contribution in [2.24, 2.45) is 0 Å². The third-order valence-electron chi connectivity index (χ3n) is 3.38. The Bertz CT molecular complexity index is 485. The molecule has 0 unspecified atom stereocenters. The predicted octanol–water partition coefficient (Wildman–Crippen LogP) is 3.37. The fourth-order valence-electron chi connectivity index (χ4n) is 2.30. The van der Waals surface area contributed by atoms with Crippen molar-refractivity contribution in [1.82, 2.24) is 5.32 Å². The Morgan fingerprint density at radius 3 is 3.00 bits per heavy atom. The van der Waals surface area contributed by atoms with Crippen LogP contribution in [-0.4, -0.2) is 18.2 Å². The fraction of sp³-hybridized carbons (Fsp3) is 0.438. The number of hydrogen-bond acceptors (Lipinski definition) is 3. The molecule has 1 aliphatic rings. The number of nitrogen functional groups attached to an aromatic ring is 1. The van der Waals surface area contributed by atoms with Crippen LogP contribution < -0.4 is 11.1 Å². The van der Waals surface area contributed by atoms with Gasteiger partial charge in [0.25, 0.3) is 0 Å². The van der Waals surface area contributed by atoms with Crippen molar-refractivity contribution in [3.63, 3.8) is 0 Å². The third kappa shape index (κ3) is 5.29.